The normalized spacial score (nSPS) is 18.6. The monoisotopic (exact) mass is 224 g/mol. The summed E-state index contributed by atoms with van der Waals surface area (Å²) >= 11 is 6.11. The first-order valence-corrected chi connectivity index (χ1v) is 5.83. The Morgan fingerprint density at radius 3 is 2.73 bits per heavy atom. The zero-order chi connectivity index (χ0) is 10.8. The Morgan fingerprint density at radius 1 is 1.47 bits per heavy atom. The molecule has 1 aliphatic carbocycles. The number of hydrazine groups is 1. The Kier molecular flexibility index (Phi) is 3.29. The summed E-state index contributed by atoms with van der Waals surface area (Å²) in [6, 6.07) is 6.30. The Morgan fingerprint density at radius 2 is 2.20 bits per heavy atom. The highest BCUT2D eigenvalue weighted by Gasteiger charge is 2.28. The molecule has 1 fully saturated rings. The molecule has 1 atom stereocenters. The smallest absolute Gasteiger partial charge is 0.0491 e. The zero-order valence-electron chi connectivity index (χ0n) is 8.96. The molecule has 0 radical (unpaired) electrons. The van der Waals surface area contributed by atoms with Crippen LogP contribution in [0.15, 0.2) is 18.2 Å². The van der Waals surface area contributed by atoms with Crippen molar-refractivity contribution in [3.05, 3.63) is 34.3 Å². The molecule has 3 heteroatoms. The van der Waals surface area contributed by atoms with Crippen molar-refractivity contribution in [2.45, 2.75) is 32.2 Å². The highest BCUT2D eigenvalue weighted by Crippen LogP contribution is 2.39. The van der Waals surface area contributed by atoms with Gasteiger partial charge < -0.3 is 0 Å². The molecule has 1 unspecified atom stereocenters. The van der Waals surface area contributed by atoms with Crippen LogP contribution in [-0.2, 0) is 0 Å². The van der Waals surface area contributed by atoms with E-state index in [-0.39, 0.29) is 6.04 Å². The van der Waals surface area contributed by atoms with Gasteiger partial charge in [-0.1, -0.05) is 30.2 Å². The molecular formula is C12H17ClN2. The molecule has 82 valence electrons. The fraction of sp³-hybridized carbons (Fsp3) is 0.500. The predicted molar refractivity (Wildman–Crippen MR) is 63.6 cm³/mol. The van der Waals surface area contributed by atoms with Gasteiger partial charge in [-0.05, 0) is 42.9 Å². The maximum Gasteiger partial charge on any atom is 0.0491 e. The lowest BCUT2D eigenvalue weighted by Crippen LogP contribution is -2.36. The van der Waals surface area contributed by atoms with Gasteiger partial charge in [0, 0.05) is 11.1 Å². The van der Waals surface area contributed by atoms with E-state index in [2.05, 4.69) is 18.4 Å². The maximum absolute atomic E-state index is 6.11. The van der Waals surface area contributed by atoms with Crippen LogP contribution in [0.5, 0.6) is 0 Å². The van der Waals surface area contributed by atoms with Crippen LogP contribution in [-0.4, -0.2) is 0 Å². The van der Waals surface area contributed by atoms with Gasteiger partial charge in [-0.3, -0.25) is 11.3 Å². The number of hydrogen-bond acceptors (Lipinski definition) is 2. The molecule has 1 aliphatic rings. The first-order chi connectivity index (χ1) is 7.24. The third-order valence-corrected chi connectivity index (χ3v) is 3.85. The fourth-order valence-corrected chi connectivity index (χ4v) is 2.40. The van der Waals surface area contributed by atoms with E-state index in [0.29, 0.717) is 5.92 Å². The van der Waals surface area contributed by atoms with E-state index in [1.807, 2.05) is 12.1 Å². The molecule has 1 saturated carbocycles. The van der Waals surface area contributed by atoms with Gasteiger partial charge in [0.2, 0.25) is 0 Å². The summed E-state index contributed by atoms with van der Waals surface area (Å²) in [4.78, 5) is 0. The van der Waals surface area contributed by atoms with Gasteiger partial charge in [-0.25, -0.2) is 0 Å². The first kappa shape index (κ1) is 10.9. The first-order valence-electron chi connectivity index (χ1n) is 5.45. The molecule has 0 spiro atoms. The standard InChI is InChI=1S/C12H17ClN2/c1-8-10(6-3-7-11(8)13)12(15-14)9-4-2-5-9/h3,6-7,9,12,15H,2,4-5,14H2,1H3. The van der Waals surface area contributed by atoms with Crippen LogP contribution in [0.1, 0.15) is 36.4 Å². The van der Waals surface area contributed by atoms with Gasteiger partial charge in [-0.15, -0.1) is 0 Å². The molecule has 0 bridgehead atoms. The zero-order valence-corrected chi connectivity index (χ0v) is 9.72. The molecule has 0 amide bonds. The average molecular weight is 225 g/mol. The average Bonchev–Trinajstić information content (AvgIpc) is 2.16. The molecule has 0 aliphatic heterocycles. The second-order valence-corrected chi connectivity index (χ2v) is 4.70. The highest BCUT2D eigenvalue weighted by molar-refractivity contribution is 6.31. The van der Waals surface area contributed by atoms with Crippen LogP contribution < -0.4 is 11.3 Å². The van der Waals surface area contributed by atoms with E-state index in [1.165, 1.54) is 24.8 Å². The Labute approximate surface area is 95.8 Å². The molecular weight excluding hydrogens is 208 g/mol. The van der Waals surface area contributed by atoms with Crippen LogP contribution in [0.3, 0.4) is 0 Å². The third-order valence-electron chi connectivity index (χ3n) is 3.45. The van der Waals surface area contributed by atoms with E-state index in [1.54, 1.807) is 0 Å². The lowest BCUT2D eigenvalue weighted by molar-refractivity contribution is 0.231. The summed E-state index contributed by atoms with van der Waals surface area (Å²) in [5.74, 6) is 6.31. The minimum Gasteiger partial charge on any atom is -0.271 e. The summed E-state index contributed by atoms with van der Waals surface area (Å²) in [5.41, 5.74) is 5.32. The van der Waals surface area contributed by atoms with Crippen molar-refractivity contribution in [1.82, 2.24) is 5.43 Å². The van der Waals surface area contributed by atoms with Gasteiger partial charge in [0.1, 0.15) is 0 Å². The Balaban J connectivity index is 2.29. The number of hydrogen-bond donors (Lipinski definition) is 2. The molecule has 2 nitrogen and oxygen atoms in total. The van der Waals surface area contributed by atoms with Gasteiger partial charge in [0.05, 0.1) is 0 Å². The number of benzene rings is 1. The van der Waals surface area contributed by atoms with Crippen molar-refractivity contribution >= 4 is 11.6 Å². The quantitative estimate of drug-likeness (QED) is 0.612. The summed E-state index contributed by atoms with van der Waals surface area (Å²) in [7, 11) is 0. The number of nitrogens with two attached hydrogens (primary N) is 1. The van der Waals surface area contributed by atoms with Crippen LogP contribution in [0, 0.1) is 12.8 Å². The second kappa shape index (κ2) is 4.52. The van der Waals surface area contributed by atoms with E-state index >= 15 is 0 Å². The van der Waals surface area contributed by atoms with E-state index in [0.717, 1.165) is 10.6 Å². The summed E-state index contributed by atoms with van der Waals surface area (Å²) in [6.07, 6.45) is 3.85. The maximum atomic E-state index is 6.11. The molecule has 1 aromatic rings. The van der Waals surface area contributed by atoms with Crippen LogP contribution in [0.25, 0.3) is 0 Å². The molecule has 2 rings (SSSR count). The summed E-state index contributed by atoms with van der Waals surface area (Å²) in [5, 5.41) is 0.826. The van der Waals surface area contributed by atoms with Crippen molar-refractivity contribution in [2.24, 2.45) is 11.8 Å². The summed E-state index contributed by atoms with van der Waals surface area (Å²) < 4.78 is 0. The fourth-order valence-electron chi connectivity index (χ4n) is 2.21. The van der Waals surface area contributed by atoms with Crippen molar-refractivity contribution in [3.63, 3.8) is 0 Å². The van der Waals surface area contributed by atoms with Crippen molar-refractivity contribution < 1.29 is 0 Å². The number of halogens is 1. The Hall–Kier alpha value is -0.570. The Bertz CT molecular complexity index is 347. The minimum absolute atomic E-state index is 0.262. The largest absolute Gasteiger partial charge is 0.271 e. The number of rotatable bonds is 3. The molecule has 3 N–H and O–H groups in total. The highest BCUT2D eigenvalue weighted by atomic mass is 35.5. The van der Waals surface area contributed by atoms with Gasteiger partial charge in [0.15, 0.2) is 0 Å². The van der Waals surface area contributed by atoms with Crippen molar-refractivity contribution in [2.75, 3.05) is 0 Å². The molecule has 1 aromatic carbocycles. The second-order valence-electron chi connectivity index (χ2n) is 4.29. The van der Waals surface area contributed by atoms with Gasteiger partial charge >= 0.3 is 0 Å². The van der Waals surface area contributed by atoms with E-state index < -0.39 is 0 Å². The van der Waals surface area contributed by atoms with E-state index in [4.69, 9.17) is 17.4 Å². The van der Waals surface area contributed by atoms with Crippen molar-refractivity contribution in [1.29, 1.82) is 0 Å². The lowest BCUT2D eigenvalue weighted by Gasteiger charge is -2.34. The molecule has 0 aromatic heterocycles. The third kappa shape index (κ3) is 2.03. The lowest BCUT2D eigenvalue weighted by atomic mass is 9.76. The van der Waals surface area contributed by atoms with E-state index in [9.17, 15) is 0 Å². The summed E-state index contributed by atoms with van der Waals surface area (Å²) in [6.45, 7) is 2.06. The van der Waals surface area contributed by atoms with Crippen LogP contribution >= 0.6 is 11.6 Å². The van der Waals surface area contributed by atoms with Gasteiger partial charge in [-0.2, -0.15) is 0 Å². The van der Waals surface area contributed by atoms with Crippen molar-refractivity contribution in [3.8, 4) is 0 Å². The van der Waals surface area contributed by atoms with Crippen LogP contribution in [0.2, 0.25) is 5.02 Å². The SMILES string of the molecule is Cc1c(Cl)cccc1C(NN)C1CCC1. The van der Waals surface area contributed by atoms with Gasteiger partial charge in [0.25, 0.3) is 0 Å². The number of nitrogens with one attached hydrogen (secondary N) is 1. The van der Waals surface area contributed by atoms with Crippen LogP contribution in [0.4, 0.5) is 0 Å². The molecule has 0 saturated heterocycles. The molecule has 15 heavy (non-hydrogen) atoms. The molecule has 0 heterocycles. The predicted octanol–water partition coefficient (Wildman–Crippen LogP) is 2.95. The minimum atomic E-state index is 0.262. The topological polar surface area (TPSA) is 38.0 Å².